The Morgan fingerprint density at radius 1 is 1.13 bits per heavy atom. The van der Waals surface area contributed by atoms with E-state index >= 15 is 0 Å². The largest absolute Gasteiger partial charge is 0.465 e. The van der Waals surface area contributed by atoms with Crippen molar-refractivity contribution >= 4 is 0 Å². The summed E-state index contributed by atoms with van der Waals surface area (Å²) >= 11 is 0. The fourth-order valence-electron chi connectivity index (χ4n) is 2.16. The molecule has 0 fully saturated rings. The van der Waals surface area contributed by atoms with Crippen LogP contribution in [-0.2, 0) is 6.54 Å². The van der Waals surface area contributed by atoms with E-state index in [1.807, 2.05) is 26.0 Å². The highest BCUT2D eigenvalue weighted by atomic mass is 16.4. The maximum atomic E-state index is 8.80. The zero-order valence-corrected chi connectivity index (χ0v) is 12.9. The summed E-state index contributed by atoms with van der Waals surface area (Å²) in [5.74, 6) is 2.69. The molecule has 2 aromatic heterocycles. The lowest BCUT2D eigenvalue weighted by molar-refractivity contribution is 0.394. The average molecular weight is 308 g/mol. The predicted molar refractivity (Wildman–Crippen MR) is 83.1 cm³/mol. The minimum absolute atomic E-state index is 0.0500. The number of nitrogens with one attached hydrogen (secondary N) is 1. The third-order valence-corrected chi connectivity index (χ3v) is 3.48. The van der Waals surface area contributed by atoms with Crippen molar-refractivity contribution in [2.75, 3.05) is 0 Å². The molecule has 6 nitrogen and oxygen atoms in total. The second kappa shape index (κ2) is 6.46. The van der Waals surface area contributed by atoms with Gasteiger partial charge in [0.2, 0.25) is 11.8 Å². The molecule has 3 aromatic rings. The molecule has 116 valence electrons. The summed E-state index contributed by atoms with van der Waals surface area (Å²) in [5, 5.41) is 20.1. The lowest BCUT2D eigenvalue weighted by atomic mass is 10.1. The molecule has 23 heavy (non-hydrogen) atoms. The average Bonchev–Trinajstić information content (AvgIpc) is 3.22. The topological polar surface area (TPSA) is 87.9 Å². The third kappa shape index (κ3) is 3.47. The van der Waals surface area contributed by atoms with Gasteiger partial charge in [-0.15, -0.1) is 10.2 Å². The maximum absolute atomic E-state index is 8.80. The van der Waals surface area contributed by atoms with Gasteiger partial charge >= 0.3 is 0 Å². The number of hydrogen-bond acceptors (Lipinski definition) is 6. The molecule has 0 unspecified atom stereocenters. The van der Waals surface area contributed by atoms with Crippen LogP contribution in [0.4, 0.5) is 0 Å². The third-order valence-electron chi connectivity index (χ3n) is 3.48. The van der Waals surface area contributed by atoms with Crippen LogP contribution in [-0.4, -0.2) is 10.2 Å². The van der Waals surface area contributed by atoms with Gasteiger partial charge in [0, 0.05) is 5.56 Å². The van der Waals surface area contributed by atoms with Crippen molar-refractivity contribution in [3.8, 4) is 17.5 Å². The molecule has 1 atom stereocenters. The summed E-state index contributed by atoms with van der Waals surface area (Å²) in [6.07, 6.45) is 0. The SMILES string of the molecule is Cc1ccc([C@H](C)NCc2nnc(-c3ccc(C#N)cc3)o2)o1. The van der Waals surface area contributed by atoms with E-state index in [0.717, 1.165) is 17.1 Å². The van der Waals surface area contributed by atoms with Crippen LogP contribution >= 0.6 is 0 Å². The van der Waals surface area contributed by atoms with Gasteiger partial charge in [-0.2, -0.15) is 5.26 Å². The standard InChI is InChI=1S/C17H16N4O2/c1-11-3-8-15(22-11)12(2)19-10-16-20-21-17(23-16)14-6-4-13(9-18)5-7-14/h3-8,12,19H,10H2,1-2H3/t12-/m0/s1. The second-order valence-electron chi connectivity index (χ2n) is 5.24. The highest BCUT2D eigenvalue weighted by Gasteiger charge is 2.12. The number of nitriles is 1. The number of benzene rings is 1. The molecule has 0 aliphatic carbocycles. The van der Waals surface area contributed by atoms with Crippen molar-refractivity contribution < 1.29 is 8.83 Å². The van der Waals surface area contributed by atoms with Gasteiger partial charge in [-0.05, 0) is 50.2 Å². The highest BCUT2D eigenvalue weighted by Crippen LogP contribution is 2.19. The first-order chi connectivity index (χ1) is 11.2. The number of nitrogens with zero attached hydrogens (tertiary/aromatic N) is 3. The van der Waals surface area contributed by atoms with Crippen LogP contribution in [0.15, 0.2) is 45.2 Å². The van der Waals surface area contributed by atoms with E-state index in [1.165, 1.54) is 0 Å². The van der Waals surface area contributed by atoms with E-state index in [9.17, 15) is 0 Å². The zero-order chi connectivity index (χ0) is 16.2. The van der Waals surface area contributed by atoms with Crippen molar-refractivity contribution in [1.82, 2.24) is 15.5 Å². The Hall–Kier alpha value is -2.91. The molecule has 1 N–H and O–H groups in total. The summed E-state index contributed by atoms with van der Waals surface area (Å²) in [4.78, 5) is 0. The molecule has 6 heteroatoms. The van der Waals surface area contributed by atoms with Crippen LogP contribution in [0.1, 0.15) is 35.9 Å². The van der Waals surface area contributed by atoms with E-state index < -0.39 is 0 Å². The van der Waals surface area contributed by atoms with E-state index in [1.54, 1.807) is 24.3 Å². The van der Waals surface area contributed by atoms with Crippen molar-refractivity contribution in [3.05, 3.63) is 59.4 Å². The van der Waals surface area contributed by atoms with Crippen LogP contribution in [0.25, 0.3) is 11.5 Å². The fourth-order valence-corrected chi connectivity index (χ4v) is 2.16. The summed E-state index contributed by atoms with van der Waals surface area (Å²) in [5.41, 5.74) is 1.38. The smallest absolute Gasteiger partial charge is 0.247 e. The van der Waals surface area contributed by atoms with E-state index in [4.69, 9.17) is 14.1 Å². The number of aryl methyl sites for hydroxylation is 1. The van der Waals surface area contributed by atoms with Gasteiger partial charge in [0.05, 0.1) is 24.2 Å². The van der Waals surface area contributed by atoms with Crippen molar-refractivity contribution in [1.29, 1.82) is 5.26 Å². The van der Waals surface area contributed by atoms with E-state index in [0.29, 0.717) is 23.9 Å². The van der Waals surface area contributed by atoms with Crippen LogP contribution < -0.4 is 5.32 Å². The number of furan rings is 1. The van der Waals surface area contributed by atoms with Gasteiger partial charge in [0.1, 0.15) is 11.5 Å². The first-order valence-corrected chi connectivity index (χ1v) is 7.28. The van der Waals surface area contributed by atoms with Gasteiger partial charge in [-0.1, -0.05) is 0 Å². The molecule has 0 spiro atoms. The minimum Gasteiger partial charge on any atom is -0.465 e. The molecule has 0 radical (unpaired) electrons. The first-order valence-electron chi connectivity index (χ1n) is 7.28. The van der Waals surface area contributed by atoms with Gasteiger partial charge in [-0.3, -0.25) is 5.32 Å². The molecular weight excluding hydrogens is 292 g/mol. The normalized spacial score (nSPS) is 12.0. The monoisotopic (exact) mass is 308 g/mol. The lowest BCUT2D eigenvalue weighted by Crippen LogP contribution is -2.17. The minimum atomic E-state index is 0.0500. The van der Waals surface area contributed by atoms with Crippen molar-refractivity contribution in [3.63, 3.8) is 0 Å². The molecule has 2 heterocycles. The molecule has 0 saturated carbocycles. The number of rotatable bonds is 5. The quantitative estimate of drug-likeness (QED) is 0.777. The molecule has 0 aliphatic heterocycles. The lowest BCUT2D eigenvalue weighted by Gasteiger charge is -2.08. The number of aromatic nitrogens is 2. The van der Waals surface area contributed by atoms with Crippen LogP contribution in [0.5, 0.6) is 0 Å². The molecular formula is C17H16N4O2. The van der Waals surface area contributed by atoms with Crippen LogP contribution in [0.2, 0.25) is 0 Å². The van der Waals surface area contributed by atoms with Crippen LogP contribution in [0.3, 0.4) is 0 Å². The Morgan fingerprint density at radius 2 is 1.91 bits per heavy atom. The Balaban J connectivity index is 1.64. The molecule has 1 aromatic carbocycles. The molecule has 0 bridgehead atoms. The Labute approximate surface area is 133 Å². The summed E-state index contributed by atoms with van der Waals surface area (Å²) < 4.78 is 11.2. The Kier molecular flexibility index (Phi) is 4.22. The molecule has 3 rings (SSSR count). The van der Waals surface area contributed by atoms with Gasteiger partial charge in [0.25, 0.3) is 0 Å². The highest BCUT2D eigenvalue weighted by molar-refractivity contribution is 5.54. The Bertz CT molecular complexity index is 827. The van der Waals surface area contributed by atoms with Gasteiger partial charge in [-0.25, -0.2) is 0 Å². The van der Waals surface area contributed by atoms with E-state index in [-0.39, 0.29) is 6.04 Å². The van der Waals surface area contributed by atoms with Crippen molar-refractivity contribution in [2.45, 2.75) is 26.4 Å². The summed E-state index contributed by atoms with van der Waals surface area (Å²) in [6.45, 7) is 4.37. The Morgan fingerprint density at radius 3 is 2.57 bits per heavy atom. The zero-order valence-electron chi connectivity index (χ0n) is 12.9. The summed E-state index contributed by atoms with van der Waals surface area (Å²) in [7, 11) is 0. The van der Waals surface area contributed by atoms with E-state index in [2.05, 4.69) is 21.6 Å². The van der Waals surface area contributed by atoms with Crippen molar-refractivity contribution in [2.24, 2.45) is 0 Å². The first kappa shape index (κ1) is 15.0. The summed E-state index contributed by atoms with van der Waals surface area (Å²) in [6, 6.07) is 13.0. The van der Waals surface area contributed by atoms with Crippen LogP contribution in [0, 0.1) is 18.3 Å². The van der Waals surface area contributed by atoms with Gasteiger partial charge in [0.15, 0.2) is 0 Å². The molecule has 0 amide bonds. The molecule has 0 aliphatic rings. The molecule has 0 saturated heterocycles. The van der Waals surface area contributed by atoms with Gasteiger partial charge < -0.3 is 8.83 Å². The maximum Gasteiger partial charge on any atom is 0.247 e. The predicted octanol–water partition coefficient (Wildman–Crippen LogP) is 3.36. The second-order valence-corrected chi connectivity index (χ2v) is 5.24. The fraction of sp³-hybridized carbons (Fsp3) is 0.235. The number of hydrogen-bond donors (Lipinski definition) is 1.